The Morgan fingerprint density at radius 2 is 1.91 bits per heavy atom. The molecule has 0 fully saturated rings. The molecule has 3 heteroatoms. The summed E-state index contributed by atoms with van der Waals surface area (Å²) in [7, 11) is 0. The Bertz CT molecular complexity index is 533. The van der Waals surface area contributed by atoms with E-state index < -0.39 is 5.60 Å². The molecule has 0 heterocycles. The third kappa shape index (κ3) is 8.99. The van der Waals surface area contributed by atoms with E-state index in [1.54, 1.807) is 0 Å². The molecule has 1 aromatic carbocycles. The fraction of sp³-hybridized carbons (Fsp3) is 0.450. The van der Waals surface area contributed by atoms with Crippen molar-refractivity contribution in [2.24, 2.45) is 5.92 Å². The van der Waals surface area contributed by atoms with Crippen LogP contribution in [0.2, 0.25) is 0 Å². The van der Waals surface area contributed by atoms with Crippen LogP contribution in [0.25, 0.3) is 6.08 Å². The van der Waals surface area contributed by atoms with Crippen molar-refractivity contribution in [1.82, 2.24) is 0 Å². The predicted molar refractivity (Wildman–Crippen MR) is 94.8 cm³/mol. The van der Waals surface area contributed by atoms with Gasteiger partial charge in [0.2, 0.25) is 0 Å². The quantitative estimate of drug-likeness (QED) is 0.595. The van der Waals surface area contributed by atoms with Crippen LogP contribution in [0.3, 0.4) is 0 Å². The highest BCUT2D eigenvalue weighted by atomic mass is 16.6. The fourth-order valence-electron chi connectivity index (χ4n) is 1.98. The van der Waals surface area contributed by atoms with Crippen LogP contribution < -0.4 is 0 Å². The summed E-state index contributed by atoms with van der Waals surface area (Å²) in [4.78, 5) is 11.5. The second-order valence-electron chi connectivity index (χ2n) is 6.75. The number of esters is 1. The first-order valence-electron chi connectivity index (χ1n) is 8.07. The third-order valence-corrected chi connectivity index (χ3v) is 3.23. The van der Waals surface area contributed by atoms with E-state index in [0.717, 1.165) is 24.0 Å². The molecular weight excluding hydrogens is 288 g/mol. The van der Waals surface area contributed by atoms with E-state index in [1.165, 1.54) is 6.08 Å². The molecule has 0 bridgehead atoms. The lowest BCUT2D eigenvalue weighted by atomic mass is 10.0. The summed E-state index contributed by atoms with van der Waals surface area (Å²) in [6.45, 7) is 7.81. The van der Waals surface area contributed by atoms with Crippen LogP contribution in [0.5, 0.6) is 0 Å². The van der Waals surface area contributed by atoms with Gasteiger partial charge in [0, 0.05) is 6.08 Å². The molecule has 0 aromatic heterocycles. The maximum Gasteiger partial charge on any atom is 0.330 e. The van der Waals surface area contributed by atoms with Crippen molar-refractivity contribution in [3.05, 3.63) is 53.6 Å². The number of allylic oxidation sites excluding steroid dienone is 2. The van der Waals surface area contributed by atoms with Crippen molar-refractivity contribution in [1.29, 1.82) is 0 Å². The molecule has 1 rings (SSSR count). The molecule has 3 nitrogen and oxygen atoms in total. The Morgan fingerprint density at radius 1 is 1.26 bits per heavy atom. The summed E-state index contributed by atoms with van der Waals surface area (Å²) in [5, 5.41) is 9.01. The van der Waals surface area contributed by atoms with Crippen LogP contribution in [0.4, 0.5) is 0 Å². The molecule has 0 saturated carbocycles. The van der Waals surface area contributed by atoms with Crippen LogP contribution >= 0.6 is 0 Å². The average Bonchev–Trinajstić information content (AvgIpc) is 2.48. The minimum Gasteiger partial charge on any atom is -0.457 e. The van der Waals surface area contributed by atoms with Gasteiger partial charge >= 0.3 is 5.97 Å². The lowest BCUT2D eigenvalue weighted by Gasteiger charge is -2.17. The van der Waals surface area contributed by atoms with Crippen molar-refractivity contribution in [2.75, 3.05) is 0 Å². The van der Waals surface area contributed by atoms with Crippen molar-refractivity contribution < 1.29 is 14.6 Å². The predicted octanol–water partition coefficient (Wildman–Crippen LogP) is 4.51. The smallest absolute Gasteiger partial charge is 0.330 e. The zero-order chi connectivity index (χ0) is 17.3. The van der Waals surface area contributed by atoms with Gasteiger partial charge in [-0.05, 0) is 50.7 Å². The van der Waals surface area contributed by atoms with Gasteiger partial charge in [-0.25, -0.2) is 4.79 Å². The number of aliphatic hydroxyl groups is 1. The number of hydrogen-bond acceptors (Lipinski definition) is 3. The zero-order valence-electron chi connectivity index (χ0n) is 14.6. The maximum absolute atomic E-state index is 11.5. The van der Waals surface area contributed by atoms with Gasteiger partial charge in [0.1, 0.15) is 5.60 Å². The van der Waals surface area contributed by atoms with Gasteiger partial charge in [-0.1, -0.05) is 49.4 Å². The number of carbonyl (C=O) groups is 1. The number of ether oxygens (including phenoxy) is 1. The molecule has 0 spiro atoms. The minimum absolute atomic E-state index is 0.0738. The average molecular weight is 316 g/mol. The highest BCUT2D eigenvalue weighted by molar-refractivity contribution is 5.82. The molecule has 1 N–H and O–H groups in total. The molecule has 1 aromatic rings. The van der Waals surface area contributed by atoms with Crippen LogP contribution in [0, 0.1) is 5.92 Å². The van der Waals surface area contributed by atoms with Gasteiger partial charge in [0.15, 0.2) is 0 Å². The van der Waals surface area contributed by atoms with Crippen molar-refractivity contribution in [3.8, 4) is 0 Å². The van der Waals surface area contributed by atoms with E-state index in [1.807, 2.05) is 51.1 Å². The van der Waals surface area contributed by atoms with Gasteiger partial charge in [-0.2, -0.15) is 0 Å². The first-order chi connectivity index (χ1) is 10.8. The SMILES string of the molecule is CC(C=Cc1ccc(CO)cc1)CCC=CC(=O)OC(C)(C)C. The lowest BCUT2D eigenvalue weighted by molar-refractivity contribution is -0.148. The van der Waals surface area contributed by atoms with E-state index >= 15 is 0 Å². The summed E-state index contributed by atoms with van der Waals surface area (Å²) in [6, 6.07) is 7.84. The first kappa shape index (κ1) is 19.2. The van der Waals surface area contributed by atoms with Crippen molar-refractivity contribution >= 4 is 12.0 Å². The van der Waals surface area contributed by atoms with Gasteiger partial charge in [0.25, 0.3) is 0 Å². The van der Waals surface area contributed by atoms with Gasteiger partial charge in [-0.3, -0.25) is 0 Å². The zero-order valence-corrected chi connectivity index (χ0v) is 14.6. The summed E-state index contributed by atoms with van der Waals surface area (Å²) in [6.07, 6.45) is 9.45. The summed E-state index contributed by atoms with van der Waals surface area (Å²) >= 11 is 0. The topological polar surface area (TPSA) is 46.5 Å². The molecule has 23 heavy (non-hydrogen) atoms. The van der Waals surface area contributed by atoms with E-state index in [0.29, 0.717) is 5.92 Å². The number of carbonyl (C=O) groups excluding carboxylic acids is 1. The van der Waals surface area contributed by atoms with Gasteiger partial charge in [0.05, 0.1) is 6.61 Å². The molecule has 0 saturated heterocycles. The Balaban J connectivity index is 2.34. The molecule has 126 valence electrons. The molecule has 0 radical (unpaired) electrons. The molecule has 0 aliphatic rings. The Hall–Kier alpha value is -1.87. The van der Waals surface area contributed by atoms with Crippen LogP contribution in [0.15, 0.2) is 42.5 Å². The Labute approximate surface area is 139 Å². The van der Waals surface area contributed by atoms with Crippen LogP contribution in [0.1, 0.15) is 51.7 Å². The lowest BCUT2D eigenvalue weighted by Crippen LogP contribution is -2.22. The highest BCUT2D eigenvalue weighted by Crippen LogP contribution is 2.13. The molecule has 1 unspecified atom stereocenters. The second-order valence-corrected chi connectivity index (χ2v) is 6.75. The fourth-order valence-corrected chi connectivity index (χ4v) is 1.98. The van der Waals surface area contributed by atoms with Crippen molar-refractivity contribution in [2.45, 2.75) is 52.7 Å². The second kappa shape index (κ2) is 9.31. The molecule has 1 atom stereocenters. The Morgan fingerprint density at radius 3 is 2.48 bits per heavy atom. The van der Waals surface area contributed by atoms with Crippen LogP contribution in [-0.2, 0) is 16.1 Å². The minimum atomic E-state index is -0.441. The normalized spacial score (nSPS) is 13.6. The van der Waals surface area contributed by atoms with Crippen LogP contribution in [-0.4, -0.2) is 16.7 Å². The van der Waals surface area contributed by atoms with E-state index in [2.05, 4.69) is 19.1 Å². The summed E-state index contributed by atoms with van der Waals surface area (Å²) in [5.74, 6) is 0.139. The first-order valence-corrected chi connectivity index (χ1v) is 8.07. The number of hydrogen-bond donors (Lipinski definition) is 1. The number of rotatable bonds is 7. The standard InChI is InChI=1S/C20H28O3/c1-16(7-5-6-8-19(22)23-20(2,3)4)9-10-17-11-13-18(15-21)14-12-17/h6,8-14,16,21H,5,7,15H2,1-4H3. The summed E-state index contributed by atoms with van der Waals surface area (Å²) in [5.41, 5.74) is 1.60. The van der Waals surface area contributed by atoms with Crippen molar-refractivity contribution in [3.63, 3.8) is 0 Å². The summed E-state index contributed by atoms with van der Waals surface area (Å²) < 4.78 is 5.21. The van der Waals surface area contributed by atoms with Gasteiger partial charge < -0.3 is 9.84 Å². The number of aliphatic hydroxyl groups excluding tert-OH is 1. The molecule has 0 aliphatic carbocycles. The Kier molecular flexibility index (Phi) is 7.76. The van der Waals surface area contributed by atoms with E-state index in [-0.39, 0.29) is 12.6 Å². The van der Waals surface area contributed by atoms with E-state index in [9.17, 15) is 4.79 Å². The molecule has 0 amide bonds. The molecule has 0 aliphatic heterocycles. The van der Waals surface area contributed by atoms with Gasteiger partial charge in [-0.15, -0.1) is 0 Å². The molecular formula is C20H28O3. The largest absolute Gasteiger partial charge is 0.457 e. The number of benzene rings is 1. The maximum atomic E-state index is 11.5. The monoisotopic (exact) mass is 316 g/mol. The third-order valence-electron chi connectivity index (χ3n) is 3.23. The van der Waals surface area contributed by atoms with E-state index in [4.69, 9.17) is 9.84 Å². The highest BCUT2D eigenvalue weighted by Gasteiger charge is 2.13.